The van der Waals surface area contributed by atoms with E-state index in [-0.39, 0.29) is 18.7 Å². The van der Waals surface area contributed by atoms with Gasteiger partial charge in [0.1, 0.15) is 6.04 Å². The Kier molecular flexibility index (Phi) is 6.28. The van der Waals surface area contributed by atoms with Crippen molar-refractivity contribution in [1.82, 2.24) is 10.6 Å². The van der Waals surface area contributed by atoms with Crippen LogP contribution in [-0.2, 0) is 9.59 Å². The van der Waals surface area contributed by atoms with Gasteiger partial charge in [0.15, 0.2) is 5.76 Å². The highest BCUT2D eigenvalue weighted by molar-refractivity contribution is 5.91. The maximum atomic E-state index is 11.6. The molecular formula is C13H18N2O5. The van der Waals surface area contributed by atoms with Crippen LogP contribution in [0.15, 0.2) is 22.8 Å². The average molecular weight is 282 g/mol. The predicted octanol–water partition coefficient (Wildman–Crippen LogP) is 0.769. The van der Waals surface area contributed by atoms with Crippen molar-refractivity contribution in [2.75, 3.05) is 6.54 Å². The number of hydrogen-bond acceptors (Lipinski definition) is 4. The highest BCUT2D eigenvalue weighted by Crippen LogP contribution is 1.99. The molecule has 1 aromatic rings. The van der Waals surface area contributed by atoms with Crippen molar-refractivity contribution in [3.05, 3.63) is 24.2 Å². The molecule has 0 saturated carbocycles. The molecule has 1 aromatic heterocycles. The minimum Gasteiger partial charge on any atom is -0.480 e. The van der Waals surface area contributed by atoms with Crippen LogP contribution in [0.5, 0.6) is 0 Å². The quantitative estimate of drug-likeness (QED) is 0.652. The lowest BCUT2D eigenvalue weighted by atomic mass is 10.1. The number of carbonyl (C=O) groups excluding carboxylic acids is 2. The maximum Gasteiger partial charge on any atom is 0.326 e. The average Bonchev–Trinajstić information content (AvgIpc) is 2.91. The van der Waals surface area contributed by atoms with Gasteiger partial charge >= 0.3 is 5.97 Å². The summed E-state index contributed by atoms with van der Waals surface area (Å²) in [5.41, 5.74) is 0. The summed E-state index contributed by atoms with van der Waals surface area (Å²) in [5.74, 6) is -1.71. The number of nitrogens with one attached hydrogen (secondary N) is 2. The lowest BCUT2D eigenvalue weighted by Gasteiger charge is -2.13. The van der Waals surface area contributed by atoms with Gasteiger partial charge in [0.05, 0.1) is 6.26 Å². The summed E-state index contributed by atoms with van der Waals surface area (Å²) in [4.78, 5) is 33.9. The molecule has 0 unspecified atom stereocenters. The Balaban J connectivity index is 2.29. The van der Waals surface area contributed by atoms with E-state index in [1.165, 1.54) is 12.3 Å². The molecule has 0 spiro atoms. The molecule has 1 atom stereocenters. The second kappa shape index (κ2) is 7.98. The Morgan fingerprint density at radius 1 is 1.40 bits per heavy atom. The van der Waals surface area contributed by atoms with Gasteiger partial charge in [0.25, 0.3) is 5.91 Å². The summed E-state index contributed by atoms with van der Waals surface area (Å²) in [6.45, 7) is 1.95. The standard InChI is InChI=1S/C13H18N2O5/c1-2-4-9(13(18)19)15-11(16)6-7-14-12(17)10-5-3-8-20-10/h3,5,8-9H,2,4,6-7H2,1H3,(H,14,17)(H,15,16)(H,18,19)/t9-/m1/s1. The van der Waals surface area contributed by atoms with Crippen molar-refractivity contribution in [3.8, 4) is 0 Å². The monoisotopic (exact) mass is 282 g/mol. The number of carboxylic acid groups (broad SMARTS) is 1. The molecule has 0 bridgehead atoms. The maximum absolute atomic E-state index is 11.6. The van der Waals surface area contributed by atoms with Gasteiger partial charge in [-0.15, -0.1) is 0 Å². The zero-order valence-corrected chi connectivity index (χ0v) is 11.2. The van der Waals surface area contributed by atoms with E-state index >= 15 is 0 Å². The molecule has 0 fully saturated rings. The van der Waals surface area contributed by atoms with Crippen LogP contribution in [0.3, 0.4) is 0 Å². The van der Waals surface area contributed by atoms with E-state index in [4.69, 9.17) is 9.52 Å². The fourth-order valence-corrected chi connectivity index (χ4v) is 1.60. The number of amides is 2. The van der Waals surface area contributed by atoms with Crippen molar-refractivity contribution in [3.63, 3.8) is 0 Å². The Morgan fingerprint density at radius 3 is 2.70 bits per heavy atom. The van der Waals surface area contributed by atoms with Crippen molar-refractivity contribution in [2.24, 2.45) is 0 Å². The Hall–Kier alpha value is -2.31. The molecule has 0 saturated heterocycles. The lowest BCUT2D eigenvalue weighted by Crippen LogP contribution is -2.41. The van der Waals surface area contributed by atoms with E-state index < -0.39 is 23.8 Å². The molecule has 0 aliphatic rings. The van der Waals surface area contributed by atoms with E-state index in [9.17, 15) is 14.4 Å². The Bertz CT molecular complexity index is 455. The summed E-state index contributed by atoms with van der Waals surface area (Å²) in [7, 11) is 0. The first-order valence-corrected chi connectivity index (χ1v) is 6.38. The molecule has 7 heteroatoms. The van der Waals surface area contributed by atoms with Crippen LogP contribution in [0.1, 0.15) is 36.7 Å². The molecule has 0 aromatic carbocycles. The summed E-state index contributed by atoms with van der Waals surface area (Å²) in [5, 5.41) is 13.8. The topological polar surface area (TPSA) is 109 Å². The molecule has 0 radical (unpaired) electrons. The SMILES string of the molecule is CCC[C@@H](NC(=O)CCNC(=O)c1ccco1)C(=O)O. The Labute approximate surface area is 116 Å². The predicted molar refractivity (Wildman–Crippen MR) is 70.1 cm³/mol. The first-order chi connectivity index (χ1) is 9.54. The molecule has 3 N–H and O–H groups in total. The van der Waals surface area contributed by atoms with Gasteiger partial charge in [-0.25, -0.2) is 4.79 Å². The summed E-state index contributed by atoms with van der Waals surface area (Å²) in [6.07, 6.45) is 2.43. The molecule has 20 heavy (non-hydrogen) atoms. The second-order valence-corrected chi connectivity index (χ2v) is 4.23. The van der Waals surface area contributed by atoms with Crippen LogP contribution in [0.2, 0.25) is 0 Å². The minimum absolute atomic E-state index is 0.0138. The normalized spacial score (nSPS) is 11.7. The van der Waals surface area contributed by atoms with E-state index in [2.05, 4.69) is 10.6 Å². The molecule has 7 nitrogen and oxygen atoms in total. The highest BCUT2D eigenvalue weighted by Gasteiger charge is 2.18. The van der Waals surface area contributed by atoms with Gasteiger partial charge in [-0.05, 0) is 18.6 Å². The number of carbonyl (C=O) groups is 3. The van der Waals surface area contributed by atoms with Crippen LogP contribution >= 0.6 is 0 Å². The summed E-state index contributed by atoms with van der Waals surface area (Å²) >= 11 is 0. The lowest BCUT2D eigenvalue weighted by molar-refractivity contribution is -0.142. The molecular weight excluding hydrogens is 264 g/mol. The van der Waals surface area contributed by atoms with Crippen molar-refractivity contribution in [1.29, 1.82) is 0 Å². The van der Waals surface area contributed by atoms with Crippen molar-refractivity contribution >= 4 is 17.8 Å². The number of carboxylic acids is 1. The zero-order valence-electron chi connectivity index (χ0n) is 11.2. The largest absolute Gasteiger partial charge is 0.480 e. The van der Waals surface area contributed by atoms with Gasteiger partial charge in [0, 0.05) is 13.0 Å². The van der Waals surface area contributed by atoms with Gasteiger partial charge in [-0.2, -0.15) is 0 Å². The van der Waals surface area contributed by atoms with Crippen LogP contribution in [0.4, 0.5) is 0 Å². The van der Waals surface area contributed by atoms with Crippen LogP contribution in [0, 0.1) is 0 Å². The van der Waals surface area contributed by atoms with Crippen LogP contribution < -0.4 is 10.6 Å². The minimum atomic E-state index is -1.06. The van der Waals surface area contributed by atoms with Crippen molar-refractivity contribution < 1.29 is 23.9 Å². The third-order valence-corrected chi connectivity index (χ3v) is 2.59. The van der Waals surface area contributed by atoms with E-state index in [0.717, 1.165) is 0 Å². The summed E-state index contributed by atoms with van der Waals surface area (Å²) in [6, 6.07) is 2.22. The van der Waals surface area contributed by atoms with Crippen LogP contribution in [-0.4, -0.2) is 35.5 Å². The molecule has 2 amide bonds. The molecule has 1 rings (SSSR count). The van der Waals surface area contributed by atoms with Crippen LogP contribution in [0.25, 0.3) is 0 Å². The van der Waals surface area contributed by atoms with E-state index in [1.54, 1.807) is 6.07 Å². The molecule has 1 heterocycles. The van der Waals surface area contributed by atoms with Crippen molar-refractivity contribution in [2.45, 2.75) is 32.2 Å². The number of rotatable bonds is 8. The number of aliphatic carboxylic acids is 1. The molecule has 0 aliphatic carbocycles. The van der Waals surface area contributed by atoms with Gasteiger partial charge in [-0.3, -0.25) is 9.59 Å². The van der Waals surface area contributed by atoms with Gasteiger partial charge < -0.3 is 20.2 Å². The highest BCUT2D eigenvalue weighted by atomic mass is 16.4. The fourth-order valence-electron chi connectivity index (χ4n) is 1.60. The fraction of sp³-hybridized carbons (Fsp3) is 0.462. The molecule has 110 valence electrons. The third kappa shape index (κ3) is 5.13. The third-order valence-electron chi connectivity index (χ3n) is 2.59. The molecule has 0 aliphatic heterocycles. The zero-order chi connectivity index (χ0) is 15.0. The summed E-state index contributed by atoms with van der Waals surface area (Å²) < 4.78 is 4.89. The number of hydrogen-bond donors (Lipinski definition) is 3. The van der Waals surface area contributed by atoms with Gasteiger partial charge in [-0.1, -0.05) is 13.3 Å². The van der Waals surface area contributed by atoms with E-state index in [1.807, 2.05) is 6.92 Å². The van der Waals surface area contributed by atoms with E-state index in [0.29, 0.717) is 12.8 Å². The smallest absolute Gasteiger partial charge is 0.326 e. The van der Waals surface area contributed by atoms with Gasteiger partial charge in [0.2, 0.25) is 5.91 Å². The Morgan fingerprint density at radius 2 is 2.15 bits per heavy atom. The number of furan rings is 1. The first kappa shape index (κ1) is 15.7. The second-order valence-electron chi connectivity index (χ2n) is 4.23. The first-order valence-electron chi connectivity index (χ1n) is 6.38.